The van der Waals surface area contributed by atoms with Gasteiger partial charge < -0.3 is 10.5 Å². The van der Waals surface area contributed by atoms with Gasteiger partial charge in [-0.2, -0.15) is 0 Å². The van der Waals surface area contributed by atoms with Crippen molar-refractivity contribution in [2.45, 2.75) is 32.0 Å². The number of hydrogen-bond donors (Lipinski definition) is 1. The second-order valence-electron chi connectivity index (χ2n) is 4.10. The van der Waals surface area contributed by atoms with E-state index in [-0.39, 0.29) is 17.1 Å². The van der Waals surface area contributed by atoms with Crippen molar-refractivity contribution in [1.82, 2.24) is 0 Å². The topological polar surface area (TPSA) is 52.3 Å². The highest BCUT2D eigenvalue weighted by Crippen LogP contribution is 2.23. The first-order valence-electron chi connectivity index (χ1n) is 6.01. The van der Waals surface area contributed by atoms with E-state index < -0.39 is 6.36 Å². The summed E-state index contributed by atoms with van der Waals surface area (Å²) < 4.78 is 39.9. The van der Waals surface area contributed by atoms with Crippen LogP contribution in [0.15, 0.2) is 24.3 Å². The lowest BCUT2D eigenvalue weighted by Gasteiger charge is -2.09. The Morgan fingerprint density at radius 3 is 2.58 bits per heavy atom. The maximum Gasteiger partial charge on any atom is 0.573 e. The van der Waals surface area contributed by atoms with Crippen molar-refractivity contribution < 1.29 is 22.7 Å². The second-order valence-corrected chi connectivity index (χ2v) is 4.10. The number of carbonyl (C=O) groups is 1. The quantitative estimate of drug-likeness (QED) is 0.613. The van der Waals surface area contributed by atoms with Crippen molar-refractivity contribution in [1.29, 1.82) is 0 Å². The van der Waals surface area contributed by atoms with Crippen LogP contribution in [-0.2, 0) is 0 Å². The van der Waals surface area contributed by atoms with Gasteiger partial charge in [0, 0.05) is 12.0 Å². The summed E-state index contributed by atoms with van der Waals surface area (Å²) in [6.07, 6.45) is -2.09. The van der Waals surface area contributed by atoms with Gasteiger partial charge in [-0.05, 0) is 31.5 Å². The molecule has 19 heavy (non-hydrogen) atoms. The summed E-state index contributed by atoms with van der Waals surface area (Å²) in [4.78, 5) is 11.8. The Labute approximate surface area is 109 Å². The number of Topliss-reactive ketones (excluding diaryl/α,β-unsaturated/α-hetero) is 1. The van der Waals surface area contributed by atoms with Gasteiger partial charge in [-0.15, -0.1) is 13.2 Å². The zero-order valence-electron chi connectivity index (χ0n) is 10.4. The molecule has 0 atom stereocenters. The molecule has 1 rings (SSSR count). The van der Waals surface area contributed by atoms with Crippen LogP contribution in [0.5, 0.6) is 5.75 Å². The molecular formula is C13H16F3NO2. The van der Waals surface area contributed by atoms with Crippen LogP contribution in [0.25, 0.3) is 0 Å². The van der Waals surface area contributed by atoms with Gasteiger partial charge in [0.05, 0.1) is 0 Å². The van der Waals surface area contributed by atoms with E-state index >= 15 is 0 Å². The minimum atomic E-state index is -4.75. The third kappa shape index (κ3) is 6.24. The van der Waals surface area contributed by atoms with Crippen molar-refractivity contribution in [3.63, 3.8) is 0 Å². The molecular weight excluding hydrogens is 259 g/mol. The van der Waals surface area contributed by atoms with Gasteiger partial charge in [0.1, 0.15) is 5.75 Å². The predicted octanol–water partition coefficient (Wildman–Crippen LogP) is 3.29. The van der Waals surface area contributed by atoms with Crippen molar-refractivity contribution in [3.05, 3.63) is 29.8 Å². The summed E-state index contributed by atoms with van der Waals surface area (Å²) in [6, 6.07) is 5.13. The Morgan fingerprint density at radius 1 is 1.21 bits per heavy atom. The second kappa shape index (κ2) is 7.13. The van der Waals surface area contributed by atoms with Gasteiger partial charge in [-0.25, -0.2) is 0 Å². The maximum absolute atomic E-state index is 12.0. The lowest BCUT2D eigenvalue weighted by molar-refractivity contribution is -0.274. The van der Waals surface area contributed by atoms with E-state index in [0.717, 1.165) is 18.9 Å². The van der Waals surface area contributed by atoms with E-state index in [0.29, 0.717) is 19.4 Å². The number of carbonyl (C=O) groups excluding carboxylic acids is 1. The minimum Gasteiger partial charge on any atom is -0.406 e. The van der Waals surface area contributed by atoms with Crippen LogP contribution in [0.1, 0.15) is 36.0 Å². The number of benzene rings is 1. The van der Waals surface area contributed by atoms with E-state index in [2.05, 4.69) is 4.74 Å². The molecule has 3 nitrogen and oxygen atoms in total. The molecule has 0 amide bonds. The number of ketones is 1. The SMILES string of the molecule is NCCCCCC(=O)c1cccc(OC(F)(F)F)c1. The Kier molecular flexibility index (Phi) is 5.82. The van der Waals surface area contributed by atoms with Crippen molar-refractivity contribution in [2.75, 3.05) is 6.54 Å². The van der Waals surface area contributed by atoms with Crippen LogP contribution in [0.2, 0.25) is 0 Å². The summed E-state index contributed by atoms with van der Waals surface area (Å²) in [6.45, 7) is 0.573. The van der Waals surface area contributed by atoms with Crippen molar-refractivity contribution in [2.24, 2.45) is 5.73 Å². The van der Waals surface area contributed by atoms with E-state index in [1.54, 1.807) is 0 Å². The fourth-order valence-electron chi connectivity index (χ4n) is 1.62. The normalized spacial score (nSPS) is 11.4. The van der Waals surface area contributed by atoms with Gasteiger partial charge in [-0.3, -0.25) is 4.79 Å². The molecule has 106 valence electrons. The third-order valence-electron chi connectivity index (χ3n) is 2.50. The standard InChI is InChI=1S/C13H16F3NO2/c14-13(15,16)19-11-6-4-5-10(9-11)12(18)7-2-1-3-8-17/h4-6,9H,1-3,7-8,17H2. The van der Waals surface area contributed by atoms with Crippen LogP contribution in [0, 0.1) is 0 Å². The lowest BCUT2D eigenvalue weighted by Crippen LogP contribution is -2.17. The van der Waals surface area contributed by atoms with E-state index in [9.17, 15) is 18.0 Å². The Balaban J connectivity index is 2.58. The molecule has 1 aromatic carbocycles. The van der Waals surface area contributed by atoms with Crippen LogP contribution in [-0.4, -0.2) is 18.7 Å². The summed E-state index contributed by atoms with van der Waals surface area (Å²) >= 11 is 0. The Hall–Kier alpha value is -1.56. The number of unbranched alkanes of at least 4 members (excludes halogenated alkanes) is 2. The fourth-order valence-corrected chi connectivity index (χ4v) is 1.62. The lowest BCUT2D eigenvalue weighted by atomic mass is 10.0. The van der Waals surface area contributed by atoms with E-state index in [4.69, 9.17) is 5.73 Å². The molecule has 0 fully saturated rings. The average molecular weight is 275 g/mol. The number of alkyl halides is 3. The first-order valence-corrected chi connectivity index (χ1v) is 6.01. The molecule has 6 heteroatoms. The van der Waals surface area contributed by atoms with E-state index in [1.807, 2.05) is 0 Å². The minimum absolute atomic E-state index is 0.190. The molecule has 0 saturated heterocycles. The summed E-state index contributed by atoms with van der Waals surface area (Å²) in [7, 11) is 0. The molecule has 0 unspecified atom stereocenters. The number of ether oxygens (including phenoxy) is 1. The molecule has 0 aliphatic carbocycles. The first-order chi connectivity index (χ1) is 8.92. The number of halogens is 3. The third-order valence-corrected chi connectivity index (χ3v) is 2.50. The highest BCUT2D eigenvalue weighted by molar-refractivity contribution is 5.96. The molecule has 2 N–H and O–H groups in total. The van der Waals surface area contributed by atoms with Crippen molar-refractivity contribution in [3.8, 4) is 5.75 Å². The largest absolute Gasteiger partial charge is 0.573 e. The molecule has 0 saturated carbocycles. The molecule has 0 spiro atoms. The predicted molar refractivity (Wildman–Crippen MR) is 65.0 cm³/mol. The molecule has 0 radical (unpaired) electrons. The Bertz CT molecular complexity index is 419. The monoisotopic (exact) mass is 275 g/mol. The molecule has 0 aliphatic rings. The van der Waals surface area contributed by atoms with Crippen LogP contribution in [0.3, 0.4) is 0 Å². The van der Waals surface area contributed by atoms with Gasteiger partial charge in [0.25, 0.3) is 0 Å². The van der Waals surface area contributed by atoms with Crippen LogP contribution < -0.4 is 10.5 Å². The average Bonchev–Trinajstić information content (AvgIpc) is 2.32. The molecule has 0 aliphatic heterocycles. The molecule has 1 aromatic rings. The first kappa shape index (κ1) is 15.5. The summed E-state index contributed by atoms with van der Waals surface area (Å²) in [5, 5.41) is 0. The summed E-state index contributed by atoms with van der Waals surface area (Å²) in [5.74, 6) is -0.565. The van der Waals surface area contributed by atoms with Gasteiger partial charge in [0.15, 0.2) is 5.78 Å². The number of rotatable bonds is 7. The highest BCUT2D eigenvalue weighted by Gasteiger charge is 2.31. The maximum atomic E-state index is 12.0. The van der Waals surface area contributed by atoms with Gasteiger partial charge >= 0.3 is 6.36 Å². The molecule has 0 aromatic heterocycles. The smallest absolute Gasteiger partial charge is 0.406 e. The van der Waals surface area contributed by atoms with Crippen LogP contribution >= 0.6 is 0 Å². The number of hydrogen-bond acceptors (Lipinski definition) is 3. The number of nitrogens with two attached hydrogens (primary N) is 1. The fraction of sp³-hybridized carbons (Fsp3) is 0.462. The molecule has 0 bridgehead atoms. The molecule has 0 heterocycles. The van der Waals surface area contributed by atoms with Crippen molar-refractivity contribution >= 4 is 5.78 Å². The Morgan fingerprint density at radius 2 is 1.95 bits per heavy atom. The zero-order chi connectivity index (χ0) is 14.3. The van der Waals surface area contributed by atoms with Gasteiger partial charge in [-0.1, -0.05) is 18.6 Å². The van der Waals surface area contributed by atoms with E-state index in [1.165, 1.54) is 18.2 Å². The van der Waals surface area contributed by atoms with Crippen LogP contribution in [0.4, 0.5) is 13.2 Å². The summed E-state index contributed by atoms with van der Waals surface area (Å²) in [5.41, 5.74) is 5.56. The highest BCUT2D eigenvalue weighted by atomic mass is 19.4. The van der Waals surface area contributed by atoms with Gasteiger partial charge in [0.2, 0.25) is 0 Å². The zero-order valence-corrected chi connectivity index (χ0v) is 10.4.